The minimum absolute atomic E-state index is 0.00261. The van der Waals surface area contributed by atoms with E-state index in [4.69, 9.17) is 0 Å². The number of likely N-dealkylation sites (tertiary alicyclic amines) is 1. The summed E-state index contributed by atoms with van der Waals surface area (Å²) >= 11 is 0. The van der Waals surface area contributed by atoms with Crippen molar-refractivity contribution < 1.29 is 9.59 Å². The third kappa shape index (κ3) is 4.77. The minimum Gasteiger partial charge on any atom is -0.352 e. The zero-order chi connectivity index (χ0) is 22.6. The Balaban J connectivity index is 1.14. The van der Waals surface area contributed by atoms with E-state index >= 15 is 0 Å². The van der Waals surface area contributed by atoms with Crippen LogP contribution in [-0.2, 0) is 29.2 Å². The van der Waals surface area contributed by atoms with Crippen LogP contribution in [0.2, 0.25) is 0 Å². The average molecular weight is 440 g/mol. The number of para-hydroxylation sites is 2. The van der Waals surface area contributed by atoms with E-state index in [0.29, 0.717) is 19.6 Å². The second-order valence-electron chi connectivity index (χ2n) is 8.39. The quantitative estimate of drug-likeness (QED) is 0.480. The van der Waals surface area contributed by atoms with Crippen molar-refractivity contribution in [3.8, 4) is 0 Å². The van der Waals surface area contributed by atoms with E-state index in [-0.39, 0.29) is 24.2 Å². The number of hydrogen-bond acceptors (Lipinski definition) is 4. The van der Waals surface area contributed by atoms with E-state index < -0.39 is 0 Å². The first-order valence-corrected chi connectivity index (χ1v) is 11.1. The largest absolute Gasteiger partial charge is 0.352 e. The van der Waals surface area contributed by atoms with Crippen molar-refractivity contribution in [3.63, 3.8) is 0 Å². The molecule has 7 heteroatoms. The van der Waals surface area contributed by atoms with Crippen LogP contribution in [0.25, 0.3) is 11.0 Å². The average Bonchev–Trinajstić information content (AvgIpc) is 3.42. The third-order valence-electron chi connectivity index (χ3n) is 6.03. The van der Waals surface area contributed by atoms with Crippen LogP contribution in [0.3, 0.4) is 0 Å². The fraction of sp³-hybridized carbons (Fsp3) is 0.231. The lowest BCUT2D eigenvalue weighted by Gasteiger charge is -2.16. The number of rotatable bonds is 7. The summed E-state index contributed by atoms with van der Waals surface area (Å²) in [6.07, 6.45) is 3.82. The topological polar surface area (TPSA) is 80.1 Å². The summed E-state index contributed by atoms with van der Waals surface area (Å²) in [6, 6.07) is 21.9. The lowest BCUT2D eigenvalue weighted by molar-refractivity contribution is -0.129. The smallest absolute Gasteiger partial charge is 0.225 e. The van der Waals surface area contributed by atoms with E-state index in [9.17, 15) is 9.59 Å². The van der Waals surface area contributed by atoms with Gasteiger partial charge in [0.05, 0.1) is 35.5 Å². The van der Waals surface area contributed by atoms with E-state index in [1.54, 1.807) is 11.1 Å². The van der Waals surface area contributed by atoms with Crippen molar-refractivity contribution in [2.45, 2.75) is 26.1 Å². The van der Waals surface area contributed by atoms with Crippen LogP contribution < -0.4 is 5.32 Å². The molecule has 1 aliphatic heterocycles. The Morgan fingerprint density at radius 3 is 2.55 bits per heavy atom. The number of aromatic nitrogens is 3. The first kappa shape index (κ1) is 20.9. The van der Waals surface area contributed by atoms with Gasteiger partial charge in [-0.3, -0.25) is 14.6 Å². The monoisotopic (exact) mass is 439 g/mol. The zero-order valence-electron chi connectivity index (χ0n) is 18.2. The molecule has 0 saturated carbocycles. The maximum Gasteiger partial charge on any atom is 0.225 e. The zero-order valence-corrected chi connectivity index (χ0v) is 18.2. The number of benzene rings is 2. The molecule has 3 heterocycles. The fourth-order valence-corrected chi connectivity index (χ4v) is 4.22. The van der Waals surface area contributed by atoms with Crippen LogP contribution >= 0.6 is 0 Å². The van der Waals surface area contributed by atoms with Crippen LogP contribution in [0.15, 0.2) is 79.3 Å². The molecule has 1 N–H and O–H groups in total. The van der Waals surface area contributed by atoms with Crippen molar-refractivity contribution in [2.24, 2.45) is 5.92 Å². The van der Waals surface area contributed by atoms with Gasteiger partial charge in [-0.15, -0.1) is 0 Å². The van der Waals surface area contributed by atoms with Crippen LogP contribution in [0.5, 0.6) is 0 Å². The van der Waals surface area contributed by atoms with Crippen molar-refractivity contribution in [1.29, 1.82) is 0 Å². The minimum atomic E-state index is -0.324. The lowest BCUT2D eigenvalue weighted by atomic mass is 10.1. The summed E-state index contributed by atoms with van der Waals surface area (Å²) < 4.78 is 2.12. The third-order valence-corrected chi connectivity index (χ3v) is 6.03. The van der Waals surface area contributed by atoms with Crippen LogP contribution in [-0.4, -0.2) is 37.8 Å². The molecule has 33 heavy (non-hydrogen) atoms. The fourth-order valence-electron chi connectivity index (χ4n) is 4.22. The van der Waals surface area contributed by atoms with E-state index in [2.05, 4.69) is 38.1 Å². The molecule has 0 aliphatic carbocycles. The Morgan fingerprint density at radius 1 is 0.939 bits per heavy atom. The number of carbonyl (C=O) groups excluding carboxylic acids is 2. The van der Waals surface area contributed by atoms with Gasteiger partial charge in [-0.25, -0.2) is 4.98 Å². The molecule has 0 radical (unpaired) electrons. The Hall–Kier alpha value is -4.00. The van der Waals surface area contributed by atoms with Gasteiger partial charge < -0.3 is 14.8 Å². The predicted molar refractivity (Wildman–Crippen MR) is 125 cm³/mol. The molecule has 166 valence electrons. The van der Waals surface area contributed by atoms with Crippen molar-refractivity contribution in [2.75, 3.05) is 6.54 Å². The first-order chi connectivity index (χ1) is 16.2. The summed E-state index contributed by atoms with van der Waals surface area (Å²) in [5.74, 6) is -0.409. The molecule has 0 spiro atoms. The Kier molecular flexibility index (Phi) is 5.85. The highest BCUT2D eigenvalue weighted by atomic mass is 16.2. The van der Waals surface area contributed by atoms with Crippen molar-refractivity contribution in [3.05, 3.63) is 96.1 Å². The number of nitrogens with zero attached hydrogens (tertiary/aromatic N) is 4. The highest BCUT2D eigenvalue weighted by molar-refractivity contribution is 5.89. The summed E-state index contributed by atoms with van der Waals surface area (Å²) in [7, 11) is 0. The summed E-state index contributed by atoms with van der Waals surface area (Å²) in [4.78, 5) is 35.4. The van der Waals surface area contributed by atoms with E-state index in [1.165, 1.54) is 5.56 Å². The second-order valence-corrected chi connectivity index (χ2v) is 8.39. The van der Waals surface area contributed by atoms with Gasteiger partial charge in [-0.2, -0.15) is 0 Å². The van der Waals surface area contributed by atoms with Crippen LogP contribution in [0.4, 0.5) is 0 Å². The molecule has 1 aliphatic rings. The highest BCUT2D eigenvalue weighted by Gasteiger charge is 2.34. The molecule has 2 aromatic carbocycles. The van der Waals surface area contributed by atoms with Crippen LogP contribution in [0, 0.1) is 5.92 Å². The summed E-state index contributed by atoms with van der Waals surface area (Å²) in [5, 5.41) is 2.99. The molecule has 2 amide bonds. The van der Waals surface area contributed by atoms with Gasteiger partial charge >= 0.3 is 0 Å². The molecule has 5 rings (SSSR count). The Labute approximate surface area is 192 Å². The molecule has 1 fully saturated rings. The van der Waals surface area contributed by atoms with E-state index in [0.717, 1.165) is 28.8 Å². The van der Waals surface area contributed by atoms with Gasteiger partial charge in [-0.05, 0) is 35.4 Å². The molecule has 0 bridgehead atoms. The standard InChI is InChI=1S/C26H25N5O2/c32-25-13-21(16-30(25)17-22-5-3-4-12-27-22)26(33)28-14-19-8-10-20(11-9-19)15-31-18-29-23-6-1-2-7-24(23)31/h1-12,18,21H,13-17H2,(H,28,33)/t21-/m0/s1. The normalized spacial score (nSPS) is 15.8. The molecule has 4 aromatic rings. The van der Waals surface area contributed by atoms with Gasteiger partial charge in [0.1, 0.15) is 0 Å². The van der Waals surface area contributed by atoms with Crippen molar-refractivity contribution in [1.82, 2.24) is 24.8 Å². The number of amides is 2. The van der Waals surface area contributed by atoms with Crippen molar-refractivity contribution >= 4 is 22.8 Å². The molecule has 7 nitrogen and oxygen atoms in total. The number of pyridine rings is 1. The molecular weight excluding hydrogens is 414 g/mol. The van der Waals surface area contributed by atoms with Gasteiger partial charge in [0.25, 0.3) is 0 Å². The molecule has 0 unspecified atom stereocenters. The van der Waals surface area contributed by atoms with Gasteiger partial charge in [-0.1, -0.05) is 42.5 Å². The lowest BCUT2D eigenvalue weighted by Crippen LogP contribution is -2.32. The maximum absolute atomic E-state index is 12.6. The second kappa shape index (κ2) is 9.24. The Morgan fingerprint density at radius 2 is 1.73 bits per heavy atom. The Bertz CT molecular complexity index is 1270. The number of nitrogens with one attached hydrogen (secondary N) is 1. The predicted octanol–water partition coefficient (Wildman–Crippen LogP) is 3.14. The summed E-state index contributed by atoms with van der Waals surface area (Å²) in [6.45, 7) is 2.05. The number of imidazole rings is 1. The number of carbonyl (C=O) groups is 2. The number of fused-ring (bicyclic) bond motifs is 1. The van der Waals surface area contributed by atoms with Gasteiger partial charge in [0, 0.05) is 32.3 Å². The molecule has 2 aromatic heterocycles. The molecule has 1 saturated heterocycles. The van der Waals surface area contributed by atoms with E-state index in [1.807, 2.05) is 54.9 Å². The first-order valence-electron chi connectivity index (χ1n) is 11.1. The molecule has 1 atom stereocenters. The highest BCUT2D eigenvalue weighted by Crippen LogP contribution is 2.20. The summed E-state index contributed by atoms with van der Waals surface area (Å²) in [5.41, 5.74) is 5.12. The number of hydrogen-bond donors (Lipinski definition) is 1. The van der Waals surface area contributed by atoms with Crippen LogP contribution in [0.1, 0.15) is 23.2 Å². The maximum atomic E-state index is 12.6. The molecular formula is C26H25N5O2. The van der Waals surface area contributed by atoms with Gasteiger partial charge in [0.15, 0.2) is 0 Å². The SMILES string of the molecule is O=C(NCc1ccc(Cn2cnc3ccccc32)cc1)[C@H]1CC(=O)N(Cc2ccccn2)C1. The van der Waals surface area contributed by atoms with Gasteiger partial charge in [0.2, 0.25) is 11.8 Å².